The molecule has 4 heteroatoms. The van der Waals surface area contributed by atoms with Gasteiger partial charge in [-0.2, -0.15) is 0 Å². The molecule has 4 fully saturated rings. The summed E-state index contributed by atoms with van der Waals surface area (Å²) in [7, 11) is 3.73. The average Bonchev–Trinajstić information content (AvgIpc) is 2.65. The molecule has 0 aliphatic heterocycles. The summed E-state index contributed by atoms with van der Waals surface area (Å²) < 4.78 is 5.31. The Kier molecular flexibility index (Phi) is 4.78. The Balaban J connectivity index is 1.20. The largest absolute Gasteiger partial charge is 0.497 e. The maximum atomic E-state index is 12.8. The molecule has 4 nitrogen and oxygen atoms in total. The van der Waals surface area contributed by atoms with E-state index < -0.39 is 0 Å². The van der Waals surface area contributed by atoms with Crippen LogP contribution in [0.15, 0.2) is 36.4 Å². The molecule has 0 radical (unpaired) electrons. The van der Waals surface area contributed by atoms with E-state index in [0.717, 1.165) is 30.0 Å². The van der Waals surface area contributed by atoms with Crippen LogP contribution >= 0.6 is 0 Å². The van der Waals surface area contributed by atoms with Gasteiger partial charge >= 0.3 is 0 Å². The Bertz CT molecular complexity index is 887. The zero-order chi connectivity index (χ0) is 20.0. The third-order valence-corrected chi connectivity index (χ3v) is 7.42. The fourth-order valence-electron chi connectivity index (χ4n) is 6.71. The molecule has 0 saturated heterocycles. The molecule has 6 rings (SSSR count). The van der Waals surface area contributed by atoms with Gasteiger partial charge in [0.05, 0.1) is 13.7 Å². The first-order chi connectivity index (χ1) is 14.0. The summed E-state index contributed by atoms with van der Waals surface area (Å²) in [4.78, 5) is 15.0. The number of hydrogen-bond acceptors (Lipinski definition) is 3. The minimum absolute atomic E-state index is 0.106. The highest BCUT2D eigenvalue weighted by molar-refractivity contribution is 5.84. The molecule has 1 amide bonds. The lowest BCUT2D eigenvalue weighted by molar-refractivity contribution is -0.127. The van der Waals surface area contributed by atoms with Crippen molar-refractivity contribution in [3.8, 4) is 5.75 Å². The molecule has 29 heavy (non-hydrogen) atoms. The first-order valence-corrected chi connectivity index (χ1v) is 11.1. The van der Waals surface area contributed by atoms with Gasteiger partial charge in [-0.3, -0.25) is 9.69 Å². The standard InChI is InChI=1S/C25H32N2O2/c1-27(15-17-3-4-22-11-23(29-2)6-5-21(22)10-17)16-24(28)26-25-12-18-7-19(13-25)9-20(8-18)14-25/h3-6,10-11,18-20H,7-9,12-16H2,1-2H3,(H,26,28). The second-order valence-corrected chi connectivity index (χ2v) is 9.97. The van der Waals surface area contributed by atoms with Crippen LogP contribution in [0, 0.1) is 17.8 Å². The van der Waals surface area contributed by atoms with Gasteiger partial charge in [-0.05, 0) is 97.9 Å². The minimum Gasteiger partial charge on any atom is -0.497 e. The molecule has 0 atom stereocenters. The lowest BCUT2D eigenvalue weighted by Crippen LogP contribution is -2.60. The fourth-order valence-corrected chi connectivity index (χ4v) is 6.71. The number of nitrogens with zero attached hydrogens (tertiary/aromatic N) is 1. The van der Waals surface area contributed by atoms with Crippen molar-refractivity contribution in [2.24, 2.45) is 17.8 Å². The fraction of sp³-hybridized carbons (Fsp3) is 0.560. The van der Waals surface area contributed by atoms with E-state index in [1.165, 1.54) is 54.9 Å². The maximum Gasteiger partial charge on any atom is 0.234 e. The van der Waals surface area contributed by atoms with Crippen LogP contribution in [-0.4, -0.2) is 37.0 Å². The summed E-state index contributed by atoms with van der Waals surface area (Å²) in [6, 6.07) is 12.6. The molecule has 0 spiro atoms. The van der Waals surface area contributed by atoms with Crippen molar-refractivity contribution in [1.29, 1.82) is 0 Å². The van der Waals surface area contributed by atoms with Gasteiger partial charge in [-0.15, -0.1) is 0 Å². The Morgan fingerprint density at radius 3 is 2.31 bits per heavy atom. The molecule has 1 N–H and O–H groups in total. The van der Waals surface area contributed by atoms with Crippen LogP contribution in [0.3, 0.4) is 0 Å². The Morgan fingerprint density at radius 2 is 1.66 bits per heavy atom. The topological polar surface area (TPSA) is 41.6 Å². The molecular formula is C25H32N2O2. The number of ether oxygens (including phenoxy) is 1. The SMILES string of the molecule is COc1ccc2cc(CN(C)CC(=O)NC34CC5CC(CC(C5)C3)C4)ccc2c1. The van der Waals surface area contributed by atoms with Crippen LogP contribution in [0.4, 0.5) is 0 Å². The number of hydrogen-bond donors (Lipinski definition) is 1. The lowest BCUT2D eigenvalue weighted by atomic mass is 9.53. The number of methoxy groups -OCH3 is 1. The molecule has 4 aliphatic carbocycles. The molecule has 4 bridgehead atoms. The van der Waals surface area contributed by atoms with E-state index in [1.807, 2.05) is 13.1 Å². The maximum absolute atomic E-state index is 12.8. The number of nitrogens with one attached hydrogen (secondary N) is 1. The van der Waals surface area contributed by atoms with Crippen molar-refractivity contribution in [3.05, 3.63) is 42.0 Å². The van der Waals surface area contributed by atoms with Crippen LogP contribution in [0.2, 0.25) is 0 Å². The average molecular weight is 393 g/mol. The Hall–Kier alpha value is -2.07. The van der Waals surface area contributed by atoms with Crippen molar-refractivity contribution in [3.63, 3.8) is 0 Å². The van der Waals surface area contributed by atoms with E-state index in [0.29, 0.717) is 6.54 Å². The van der Waals surface area contributed by atoms with Crippen molar-refractivity contribution >= 4 is 16.7 Å². The van der Waals surface area contributed by atoms with Crippen molar-refractivity contribution < 1.29 is 9.53 Å². The number of amides is 1. The number of rotatable bonds is 6. The van der Waals surface area contributed by atoms with Crippen LogP contribution in [-0.2, 0) is 11.3 Å². The highest BCUT2D eigenvalue weighted by Crippen LogP contribution is 2.55. The summed E-state index contributed by atoms with van der Waals surface area (Å²) in [5.74, 6) is 3.64. The van der Waals surface area contributed by atoms with E-state index in [9.17, 15) is 4.79 Å². The molecule has 4 saturated carbocycles. The summed E-state index contributed by atoms with van der Waals surface area (Å²) in [5, 5.41) is 5.87. The second kappa shape index (κ2) is 7.32. The number of likely N-dealkylation sites (N-methyl/N-ethyl adjacent to an activating group) is 1. The van der Waals surface area contributed by atoms with Crippen molar-refractivity contribution in [2.75, 3.05) is 20.7 Å². The third-order valence-electron chi connectivity index (χ3n) is 7.42. The van der Waals surface area contributed by atoms with E-state index in [-0.39, 0.29) is 11.4 Å². The molecule has 2 aromatic rings. The second-order valence-electron chi connectivity index (χ2n) is 9.97. The van der Waals surface area contributed by atoms with Gasteiger partial charge in [-0.25, -0.2) is 0 Å². The van der Waals surface area contributed by atoms with Gasteiger partial charge in [0, 0.05) is 12.1 Å². The van der Waals surface area contributed by atoms with Gasteiger partial charge < -0.3 is 10.1 Å². The number of carbonyl (C=O) groups is 1. The van der Waals surface area contributed by atoms with Gasteiger partial charge in [-0.1, -0.05) is 18.2 Å². The highest BCUT2D eigenvalue weighted by Gasteiger charge is 2.51. The van der Waals surface area contributed by atoms with Crippen LogP contribution in [0.1, 0.15) is 44.1 Å². The van der Waals surface area contributed by atoms with Crippen LogP contribution < -0.4 is 10.1 Å². The predicted octanol–water partition coefficient (Wildman–Crippen LogP) is 4.37. The van der Waals surface area contributed by atoms with Crippen LogP contribution in [0.25, 0.3) is 10.8 Å². The summed E-state index contributed by atoms with van der Waals surface area (Å²) in [6.07, 6.45) is 7.85. The zero-order valence-corrected chi connectivity index (χ0v) is 17.6. The lowest BCUT2D eigenvalue weighted by Gasteiger charge is -2.57. The molecule has 154 valence electrons. The first-order valence-electron chi connectivity index (χ1n) is 11.1. The first kappa shape index (κ1) is 18.9. The van der Waals surface area contributed by atoms with E-state index >= 15 is 0 Å². The van der Waals surface area contributed by atoms with Gasteiger partial charge in [0.15, 0.2) is 0 Å². The number of carbonyl (C=O) groups excluding carboxylic acids is 1. The van der Waals surface area contributed by atoms with Crippen LogP contribution in [0.5, 0.6) is 5.75 Å². The van der Waals surface area contributed by atoms with Gasteiger partial charge in [0.25, 0.3) is 0 Å². The van der Waals surface area contributed by atoms with E-state index in [1.54, 1.807) is 7.11 Å². The monoisotopic (exact) mass is 392 g/mol. The highest BCUT2D eigenvalue weighted by atomic mass is 16.5. The molecule has 0 unspecified atom stereocenters. The Labute approximate surface area is 173 Å². The minimum atomic E-state index is 0.106. The molecule has 2 aromatic carbocycles. The third kappa shape index (κ3) is 3.87. The van der Waals surface area contributed by atoms with Gasteiger partial charge in [0.1, 0.15) is 5.75 Å². The summed E-state index contributed by atoms with van der Waals surface area (Å²) >= 11 is 0. The van der Waals surface area contributed by atoms with Gasteiger partial charge in [0.2, 0.25) is 5.91 Å². The normalized spacial score (nSPS) is 30.1. The zero-order valence-electron chi connectivity index (χ0n) is 17.6. The van der Waals surface area contributed by atoms with Crippen molar-refractivity contribution in [1.82, 2.24) is 10.2 Å². The summed E-state index contributed by atoms with van der Waals surface area (Å²) in [6.45, 7) is 1.23. The number of benzene rings is 2. The predicted molar refractivity (Wildman–Crippen MR) is 116 cm³/mol. The van der Waals surface area contributed by atoms with Crippen molar-refractivity contribution in [2.45, 2.75) is 50.6 Å². The Morgan fingerprint density at radius 1 is 1.03 bits per heavy atom. The summed E-state index contributed by atoms with van der Waals surface area (Å²) in [5.41, 5.74) is 1.34. The van der Waals surface area contributed by atoms with E-state index in [4.69, 9.17) is 4.74 Å². The quantitative estimate of drug-likeness (QED) is 0.794. The molecular weight excluding hydrogens is 360 g/mol. The molecule has 4 aliphatic rings. The molecule has 0 aromatic heterocycles. The number of fused-ring (bicyclic) bond motifs is 1. The smallest absolute Gasteiger partial charge is 0.234 e. The van der Waals surface area contributed by atoms with E-state index in [2.05, 4.69) is 40.5 Å². The molecule has 0 heterocycles.